The standard InChI is InChI=1S/C24H24N6OS/c1-16-14-27-24(32-16)18-3-4-19-15-26-22(28-20(19)11-18)13-21(31)17-5-6-25-23(12-17)30-9-7-29(2)8-10-30/h3-6,11-12,14-15H,7-10,13H2,1-2H3. The maximum atomic E-state index is 13.0. The van der Waals surface area contributed by atoms with Crippen LogP contribution >= 0.6 is 11.3 Å². The molecule has 162 valence electrons. The number of anilines is 1. The number of aryl methyl sites for hydroxylation is 1. The largest absolute Gasteiger partial charge is 0.354 e. The van der Waals surface area contributed by atoms with Crippen LogP contribution in [0.2, 0.25) is 0 Å². The van der Waals surface area contributed by atoms with E-state index in [1.807, 2.05) is 37.4 Å². The minimum Gasteiger partial charge on any atom is -0.354 e. The number of Topliss-reactive ketones (excluding diaryl/α,β-unsaturated/α-hetero) is 1. The number of nitrogens with zero attached hydrogens (tertiary/aromatic N) is 6. The van der Waals surface area contributed by atoms with Gasteiger partial charge in [-0.25, -0.2) is 19.9 Å². The Hall–Kier alpha value is -3.23. The molecule has 0 aliphatic carbocycles. The number of ketones is 1. The number of aromatic nitrogens is 4. The van der Waals surface area contributed by atoms with Gasteiger partial charge in [0.05, 0.1) is 11.9 Å². The van der Waals surface area contributed by atoms with Crippen LogP contribution in [0.5, 0.6) is 0 Å². The third-order valence-corrected chi connectivity index (χ3v) is 6.68. The first-order valence-corrected chi connectivity index (χ1v) is 11.5. The van der Waals surface area contributed by atoms with Crippen molar-refractivity contribution in [3.8, 4) is 10.6 Å². The van der Waals surface area contributed by atoms with Crippen LogP contribution in [0.15, 0.2) is 48.9 Å². The maximum absolute atomic E-state index is 13.0. The molecule has 0 N–H and O–H groups in total. The molecule has 0 saturated carbocycles. The van der Waals surface area contributed by atoms with Crippen molar-refractivity contribution in [2.45, 2.75) is 13.3 Å². The Kier molecular flexibility index (Phi) is 5.63. The zero-order valence-electron chi connectivity index (χ0n) is 18.2. The van der Waals surface area contributed by atoms with Crippen molar-refractivity contribution in [1.82, 2.24) is 24.8 Å². The summed E-state index contributed by atoms with van der Waals surface area (Å²) in [6, 6.07) is 9.70. The van der Waals surface area contributed by atoms with E-state index in [2.05, 4.69) is 36.8 Å². The summed E-state index contributed by atoms with van der Waals surface area (Å²) in [5, 5.41) is 1.91. The van der Waals surface area contributed by atoms with E-state index in [-0.39, 0.29) is 12.2 Å². The van der Waals surface area contributed by atoms with Gasteiger partial charge in [0.25, 0.3) is 0 Å². The molecule has 1 aliphatic heterocycles. The van der Waals surface area contributed by atoms with E-state index in [0.717, 1.165) is 53.5 Å². The van der Waals surface area contributed by atoms with Crippen molar-refractivity contribution < 1.29 is 4.79 Å². The van der Waals surface area contributed by atoms with Crippen LogP contribution < -0.4 is 4.90 Å². The number of hydrogen-bond acceptors (Lipinski definition) is 8. The molecule has 1 saturated heterocycles. The van der Waals surface area contributed by atoms with Crippen molar-refractivity contribution in [1.29, 1.82) is 0 Å². The van der Waals surface area contributed by atoms with Gasteiger partial charge in [-0.05, 0) is 32.2 Å². The van der Waals surface area contributed by atoms with Crippen LogP contribution in [0.4, 0.5) is 5.82 Å². The van der Waals surface area contributed by atoms with Crippen molar-refractivity contribution in [2.75, 3.05) is 38.1 Å². The lowest BCUT2D eigenvalue weighted by Crippen LogP contribution is -2.44. The predicted molar refractivity (Wildman–Crippen MR) is 127 cm³/mol. The Bertz CT molecular complexity index is 1280. The maximum Gasteiger partial charge on any atom is 0.170 e. The lowest BCUT2D eigenvalue weighted by atomic mass is 10.1. The minimum absolute atomic E-state index is 0.00571. The fraction of sp³-hybridized carbons (Fsp3) is 0.292. The summed E-state index contributed by atoms with van der Waals surface area (Å²) >= 11 is 1.65. The van der Waals surface area contributed by atoms with E-state index in [1.165, 1.54) is 4.88 Å². The number of hydrogen-bond donors (Lipinski definition) is 0. The summed E-state index contributed by atoms with van der Waals surface area (Å²) in [6.07, 6.45) is 5.52. The number of likely N-dealkylation sites (N-methyl/N-ethyl adjacent to an activating group) is 1. The molecular weight excluding hydrogens is 420 g/mol. The first-order chi connectivity index (χ1) is 15.5. The van der Waals surface area contributed by atoms with E-state index in [4.69, 9.17) is 0 Å². The van der Waals surface area contributed by atoms with Gasteiger partial charge >= 0.3 is 0 Å². The summed E-state index contributed by atoms with van der Waals surface area (Å²) < 4.78 is 0. The number of thiazole rings is 1. The predicted octanol–water partition coefficient (Wildman–Crippen LogP) is 3.63. The highest BCUT2D eigenvalue weighted by atomic mass is 32.1. The molecule has 4 heterocycles. The van der Waals surface area contributed by atoms with Gasteiger partial charge in [0.15, 0.2) is 5.78 Å². The quantitative estimate of drug-likeness (QED) is 0.435. The van der Waals surface area contributed by atoms with E-state index in [1.54, 1.807) is 29.8 Å². The second-order valence-corrected chi connectivity index (χ2v) is 9.36. The molecule has 3 aromatic heterocycles. The topological polar surface area (TPSA) is 75.1 Å². The smallest absolute Gasteiger partial charge is 0.170 e. The molecule has 0 radical (unpaired) electrons. The number of benzene rings is 1. The highest BCUT2D eigenvalue weighted by Gasteiger charge is 2.17. The highest BCUT2D eigenvalue weighted by molar-refractivity contribution is 7.14. The molecule has 0 spiro atoms. The van der Waals surface area contributed by atoms with Crippen LogP contribution in [0.1, 0.15) is 21.1 Å². The molecule has 5 rings (SSSR count). The third-order valence-electron chi connectivity index (χ3n) is 5.71. The molecule has 0 bridgehead atoms. The zero-order chi connectivity index (χ0) is 22.1. The van der Waals surface area contributed by atoms with Crippen LogP contribution in [0, 0.1) is 6.92 Å². The normalized spacial score (nSPS) is 14.8. The molecule has 1 aromatic carbocycles. The number of carbonyl (C=O) groups is 1. The van der Waals surface area contributed by atoms with Crippen LogP contribution in [0.3, 0.4) is 0 Å². The van der Waals surface area contributed by atoms with Gasteiger partial charge in [0.2, 0.25) is 0 Å². The molecular formula is C24H24N6OS. The van der Waals surface area contributed by atoms with Gasteiger partial charge in [0.1, 0.15) is 16.6 Å². The van der Waals surface area contributed by atoms with E-state index < -0.39 is 0 Å². The first-order valence-electron chi connectivity index (χ1n) is 10.7. The fourth-order valence-corrected chi connectivity index (χ4v) is 4.57. The van der Waals surface area contributed by atoms with Crippen LogP contribution in [-0.2, 0) is 6.42 Å². The zero-order valence-corrected chi connectivity index (χ0v) is 19.0. The van der Waals surface area contributed by atoms with Crippen molar-refractivity contribution in [3.05, 3.63) is 65.2 Å². The second-order valence-electron chi connectivity index (χ2n) is 8.13. The summed E-state index contributed by atoms with van der Waals surface area (Å²) in [6.45, 7) is 5.86. The third kappa shape index (κ3) is 4.37. The summed E-state index contributed by atoms with van der Waals surface area (Å²) in [4.78, 5) is 36.7. The molecule has 0 unspecified atom stereocenters. The average Bonchev–Trinajstić information content (AvgIpc) is 3.25. The molecule has 4 aromatic rings. The Morgan fingerprint density at radius 3 is 2.66 bits per heavy atom. The Morgan fingerprint density at radius 2 is 1.88 bits per heavy atom. The first kappa shape index (κ1) is 20.7. The Balaban J connectivity index is 1.36. The van der Waals surface area contributed by atoms with Gasteiger partial charge in [-0.2, -0.15) is 0 Å². The number of pyridine rings is 1. The van der Waals surface area contributed by atoms with Gasteiger partial charge in [0, 0.05) is 66.2 Å². The summed E-state index contributed by atoms with van der Waals surface area (Å²) in [7, 11) is 2.12. The van der Waals surface area contributed by atoms with Crippen molar-refractivity contribution >= 4 is 33.8 Å². The molecule has 0 amide bonds. The second kappa shape index (κ2) is 8.72. The van der Waals surface area contributed by atoms with Crippen molar-refractivity contribution in [3.63, 3.8) is 0 Å². The molecule has 7 nitrogen and oxygen atoms in total. The number of rotatable bonds is 5. The highest BCUT2D eigenvalue weighted by Crippen LogP contribution is 2.27. The van der Waals surface area contributed by atoms with Gasteiger partial charge in [-0.15, -0.1) is 11.3 Å². The summed E-state index contributed by atoms with van der Waals surface area (Å²) in [5.41, 5.74) is 2.49. The molecule has 1 aliphatic rings. The summed E-state index contributed by atoms with van der Waals surface area (Å²) in [5.74, 6) is 1.37. The number of fused-ring (bicyclic) bond motifs is 1. The lowest BCUT2D eigenvalue weighted by molar-refractivity contribution is 0.0991. The van der Waals surface area contributed by atoms with Crippen LogP contribution in [-0.4, -0.2) is 63.8 Å². The minimum atomic E-state index is -0.00571. The van der Waals surface area contributed by atoms with Crippen molar-refractivity contribution in [2.24, 2.45) is 0 Å². The van der Waals surface area contributed by atoms with Gasteiger partial charge < -0.3 is 9.80 Å². The lowest BCUT2D eigenvalue weighted by Gasteiger charge is -2.33. The monoisotopic (exact) mass is 444 g/mol. The number of carbonyl (C=O) groups excluding carboxylic acids is 1. The molecule has 32 heavy (non-hydrogen) atoms. The molecule has 1 fully saturated rings. The Labute approximate surface area is 190 Å². The molecule has 8 heteroatoms. The Morgan fingerprint density at radius 1 is 1.03 bits per heavy atom. The van der Waals surface area contributed by atoms with Gasteiger partial charge in [-0.1, -0.05) is 12.1 Å². The number of piperazine rings is 1. The van der Waals surface area contributed by atoms with Crippen LogP contribution in [0.25, 0.3) is 21.5 Å². The van der Waals surface area contributed by atoms with E-state index in [9.17, 15) is 4.79 Å². The SMILES string of the molecule is Cc1cnc(-c2ccc3cnc(CC(=O)c4ccnc(N5CCN(C)CC5)c4)nc3c2)s1. The van der Waals surface area contributed by atoms with E-state index in [0.29, 0.717) is 11.4 Å². The molecule has 0 atom stereocenters. The fourth-order valence-electron chi connectivity index (χ4n) is 3.81. The van der Waals surface area contributed by atoms with E-state index >= 15 is 0 Å². The van der Waals surface area contributed by atoms with Gasteiger partial charge in [-0.3, -0.25) is 4.79 Å². The average molecular weight is 445 g/mol.